The molecule has 0 amide bonds. The van der Waals surface area contributed by atoms with Crippen molar-refractivity contribution in [1.29, 1.82) is 0 Å². The second-order valence-corrected chi connectivity index (χ2v) is 4.66. The summed E-state index contributed by atoms with van der Waals surface area (Å²) in [6, 6.07) is 0. The van der Waals surface area contributed by atoms with E-state index in [0.29, 0.717) is 0 Å². The smallest absolute Gasteiger partial charge is 0.0936 e. The topological polar surface area (TPSA) is 29.5 Å². The Hall–Kier alpha value is -0.520. The predicted octanol–water partition coefficient (Wildman–Crippen LogP) is 2.89. The highest BCUT2D eigenvalue weighted by Crippen LogP contribution is 2.34. The van der Waals surface area contributed by atoms with Crippen molar-refractivity contribution in [2.45, 2.75) is 70.0 Å². The van der Waals surface area contributed by atoms with Gasteiger partial charge in [-0.2, -0.15) is 0 Å². The number of ether oxygens (including phenoxy) is 1. The minimum absolute atomic E-state index is 0.300. The second-order valence-electron chi connectivity index (χ2n) is 4.66. The molecular weight excluding hydrogens is 200 g/mol. The maximum absolute atomic E-state index is 10.3. The lowest BCUT2D eigenvalue weighted by Gasteiger charge is -2.36. The Labute approximate surface area is 99.4 Å². The van der Waals surface area contributed by atoms with Crippen LogP contribution in [-0.4, -0.2) is 23.9 Å². The molecule has 1 N–H and O–H groups in total. The first-order chi connectivity index (χ1) is 7.75. The average Bonchev–Trinajstić information content (AvgIpc) is 2.55. The van der Waals surface area contributed by atoms with Crippen molar-refractivity contribution in [2.24, 2.45) is 0 Å². The van der Waals surface area contributed by atoms with Gasteiger partial charge in [0.25, 0.3) is 0 Å². The lowest BCUT2D eigenvalue weighted by molar-refractivity contribution is -0.113. The van der Waals surface area contributed by atoms with Crippen LogP contribution in [0, 0.1) is 11.8 Å². The molecule has 1 fully saturated rings. The predicted molar refractivity (Wildman–Crippen MR) is 66.1 cm³/mol. The zero-order valence-electron chi connectivity index (χ0n) is 10.6. The van der Waals surface area contributed by atoms with Crippen LogP contribution < -0.4 is 0 Å². The normalized spacial score (nSPS) is 21.7. The fraction of sp³-hybridized carbons (Fsp3) is 0.857. The molecule has 1 aliphatic carbocycles. The Kier molecular flexibility index (Phi) is 5.87. The lowest BCUT2D eigenvalue weighted by atomic mass is 9.86. The Morgan fingerprint density at radius 1 is 1.25 bits per heavy atom. The summed E-state index contributed by atoms with van der Waals surface area (Å²) in [4.78, 5) is 0. The Morgan fingerprint density at radius 3 is 2.38 bits per heavy atom. The third-order valence-electron chi connectivity index (χ3n) is 3.68. The van der Waals surface area contributed by atoms with Crippen LogP contribution in [0.3, 0.4) is 0 Å². The van der Waals surface area contributed by atoms with Gasteiger partial charge in [0, 0.05) is 13.5 Å². The maximum Gasteiger partial charge on any atom is 0.0936 e. The molecule has 16 heavy (non-hydrogen) atoms. The minimum atomic E-state index is -0.364. The van der Waals surface area contributed by atoms with Gasteiger partial charge in [0.1, 0.15) is 0 Å². The zero-order chi connectivity index (χ0) is 11.9. The first-order valence-corrected chi connectivity index (χ1v) is 6.38. The van der Waals surface area contributed by atoms with Gasteiger partial charge in [0.2, 0.25) is 0 Å². The van der Waals surface area contributed by atoms with E-state index in [-0.39, 0.29) is 11.7 Å². The Bertz CT molecular complexity index is 241. The molecule has 0 bridgehead atoms. The summed E-state index contributed by atoms with van der Waals surface area (Å²) in [6.07, 6.45) is 8.00. The largest absolute Gasteiger partial charge is 0.390 e. The van der Waals surface area contributed by atoms with Gasteiger partial charge in [-0.05, 0) is 26.2 Å². The molecule has 1 saturated carbocycles. The molecule has 0 radical (unpaired) electrons. The van der Waals surface area contributed by atoms with Crippen LogP contribution in [0.5, 0.6) is 0 Å². The van der Waals surface area contributed by atoms with Crippen LogP contribution in [-0.2, 0) is 4.74 Å². The number of hydrogen-bond acceptors (Lipinski definition) is 2. The molecule has 0 saturated heterocycles. The Balaban J connectivity index is 2.56. The van der Waals surface area contributed by atoms with Crippen molar-refractivity contribution >= 4 is 0 Å². The summed E-state index contributed by atoms with van der Waals surface area (Å²) >= 11 is 0. The van der Waals surface area contributed by atoms with Crippen LogP contribution in [0.25, 0.3) is 0 Å². The van der Waals surface area contributed by atoms with Gasteiger partial charge in [0.05, 0.1) is 11.7 Å². The van der Waals surface area contributed by atoms with Crippen molar-refractivity contribution in [1.82, 2.24) is 0 Å². The van der Waals surface area contributed by atoms with E-state index >= 15 is 0 Å². The molecule has 92 valence electrons. The second kappa shape index (κ2) is 6.93. The van der Waals surface area contributed by atoms with Gasteiger partial charge in [-0.25, -0.2) is 0 Å². The molecule has 0 spiro atoms. The van der Waals surface area contributed by atoms with Crippen LogP contribution in [0.1, 0.15) is 58.3 Å². The number of aliphatic hydroxyl groups is 1. The fourth-order valence-electron chi connectivity index (χ4n) is 2.60. The highest BCUT2D eigenvalue weighted by molar-refractivity contribution is 4.98. The van der Waals surface area contributed by atoms with Crippen molar-refractivity contribution in [3.8, 4) is 11.8 Å². The molecular formula is C14H24O2. The number of methoxy groups -OCH3 is 1. The summed E-state index contributed by atoms with van der Waals surface area (Å²) in [7, 11) is 1.74. The number of hydrogen-bond donors (Lipinski definition) is 1. The van der Waals surface area contributed by atoms with E-state index < -0.39 is 0 Å². The molecule has 2 heteroatoms. The first-order valence-electron chi connectivity index (χ1n) is 6.38. The fourth-order valence-corrected chi connectivity index (χ4v) is 2.60. The first kappa shape index (κ1) is 13.5. The van der Waals surface area contributed by atoms with E-state index in [1.807, 2.05) is 6.92 Å². The number of rotatable bonds is 4. The summed E-state index contributed by atoms with van der Waals surface area (Å²) in [5.74, 6) is 5.88. The van der Waals surface area contributed by atoms with Gasteiger partial charge in [-0.3, -0.25) is 0 Å². The number of aliphatic hydroxyl groups excluding tert-OH is 1. The van der Waals surface area contributed by atoms with Crippen molar-refractivity contribution in [3.63, 3.8) is 0 Å². The molecule has 1 rings (SSSR count). The lowest BCUT2D eigenvalue weighted by Crippen LogP contribution is -2.43. The van der Waals surface area contributed by atoms with Crippen LogP contribution in [0.2, 0.25) is 0 Å². The molecule has 0 aromatic carbocycles. The van der Waals surface area contributed by atoms with E-state index in [2.05, 4.69) is 11.8 Å². The third kappa shape index (κ3) is 3.50. The van der Waals surface area contributed by atoms with E-state index in [0.717, 1.165) is 25.7 Å². The standard InChI is InChI=1S/C14H24O2/c1-3-4-7-10-13(15)14(16-2)11-8-5-6-9-12-14/h13,15H,5-12H2,1-2H3. The van der Waals surface area contributed by atoms with Gasteiger partial charge in [-0.1, -0.05) is 25.7 Å². The molecule has 0 aromatic heterocycles. The highest BCUT2D eigenvalue weighted by Gasteiger charge is 2.37. The monoisotopic (exact) mass is 224 g/mol. The molecule has 1 aliphatic rings. The highest BCUT2D eigenvalue weighted by atomic mass is 16.5. The van der Waals surface area contributed by atoms with Gasteiger partial charge in [-0.15, -0.1) is 11.8 Å². The molecule has 0 aromatic rings. The van der Waals surface area contributed by atoms with Crippen molar-refractivity contribution in [2.75, 3.05) is 7.11 Å². The average molecular weight is 224 g/mol. The summed E-state index contributed by atoms with van der Waals surface area (Å²) in [6.45, 7) is 1.84. The summed E-state index contributed by atoms with van der Waals surface area (Å²) in [5, 5.41) is 10.3. The molecule has 0 aliphatic heterocycles. The van der Waals surface area contributed by atoms with Gasteiger partial charge in [0.15, 0.2) is 0 Å². The molecule has 2 nitrogen and oxygen atoms in total. The summed E-state index contributed by atoms with van der Waals surface area (Å²) in [5.41, 5.74) is -0.300. The van der Waals surface area contributed by atoms with E-state index in [1.165, 1.54) is 25.7 Å². The summed E-state index contributed by atoms with van der Waals surface area (Å²) < 4.78 is 5.65. The van der Waals surface area contributed by atoms with Gasteiger partial charge >= 0.3 is 0 Å². The minimum Gasteiger partial charge on any atom is -0.390 e. The van der Waals surface area contributed by atoms with E-state index in [1.54, 1.807) is 7.11 Å². The zero-order valence-corrected chi connectivity index (χ0v) is 10.6. The van der Waals surface area contributed by atoms with Gasteiger partial charge < -0.3 is 9.84 Å². The quantitative estimate of drug-likeness (QED) is 0.587. The Morgan fingerprint density at radius 2 is 1.88 bits per heavy atom. The van der Waals surface area contributed by atoms with Crippen LogP contribution in [0.4, 0.5) is 0 Å². The van der Waals surface area contributed by atoms with E-state index in [9.17, 15) is 5.11 Å². The molecule has 1 atom stereocenters. The maximum atomic E-state index is 10.3. The molecule has 0 heterocycles. The third-order valence-corrected chi connectivity index (χ3v) is 3.68. The van der Waals surface area contributed by atoms with Crippen LogP contribution in [0.15, 0.2) is 0 Å². The SMILES string of the molecule is CC#CCCC(O)C1(OC)CCCCCC1. The molecule has 1 unspecified atom stereocenters. The van der Waals surface area contributed by atoms with Crippen LogP contribution >= 0.6 is 0 Å². The van der Waals surface area contributed by atoms with Crippen molar-refractivity contribution in [3.05, 3.63) is 0 Å². The van der Waals surface area contributed by atoms with Crippen molar-refractivity contribution < 1.29 is 9.84 Å². The van der Waals surface area contributed by atoms with E-state index in [4.69, 9.17) is 4.74 Å².